The van der Waals surface area contributed by atoms with E-state index in [-0.39, 0.29) is 11.8 Å². The summed E-state index contributed by atoms with van der Waals surface area (Å²) in [4.78, 5) is 18.3. The minimum Gasteiger partial charge on any atom is -0.496 e. The number of nitrogens with one attached hydrogen (secondary N) is 1. The Kier molecular flexibility index (Phi) is 6.79. The van der Waals surface area contributed by atoms with Crippen LogP contribution in [-0.4, -0.2) is 60.3 Å². The number of pyridine rings is 1. The number of hydrogen-bond donors (Lipinski definition) is 2. The van der Waals surface area contributed by atoms with Gasteiger partial charge in [0.15, 0.2) is 0 Å². The lowest BCUT2D eigenvalue weighted by molar-refractivity contribution is -0.122. The zero-order valence-corrected chi connectivity index (χ0v) is 15.7. The fourth-order valence-corrected chi connectivity index (χ4v) is 3.60. The third-order valence-electron chi connectivity index (χ3n) is 5.01. The van der Waals surface area contributed by atoms with Crippen LogP contribution in [0.2, 0.25) is 0 Å². The highest BCUT2D eigenvalue weighted by Gasteiger charge is 2.32. The van der Waals surface area contributed by atoms with Crippen LogP contribution in [0, 0.1) is 5.92 Å². The second kappa shape index (κ2) is 9.48. The van der Waals surface area contributed by atoms with Crippen molar-refractivity contribution in [3.63, 3.8) is 0 Å². The summed E-state index contributed by atoms with van der Waals surface area (Å²) in [6.07, 6.45) is 4.66. The van der Waals surface area contributed by atoms with E-state index < -0.39 is 6.10 Å². The van der Waals surface area contributed by atoms with Gasteiger partial charge in [-0.15, -0.1) is 0 Å². The number of benzene rings is 1. The van der Waals surface area contributed by atoms with Crippen molar-refractivity contribution >= 4 is 5.91 Å². The lowest BCUT2D eigenvalue weighted by Crippen LogP contribution is -2.37. The third kappa shape index (κ3) is 5.52. The topological polar surface area (TPSA) is 74.7 Å². The Morgan fingerprint density at radius 2 is 2.04 bits per heavy atom. The number of β-amino-alcohol motifs (C(OH)–C–C–N with tert-alkyl or cyclic N) is 1. The highest BCUT2D eigenvalue weighted by molar-refractivity contribution is 5.78. The van der Waals surface area contributed by atoms with E-state index >= 15 is 0 Å². The van der Waals surface area contributed by atoms with Crippen LogP contribution in [0.25, 0.3) is 0 Å². The average molecular weight is 369 g/mol. The molecule has 0 spiro atoms. The summed E-state index contributed by atoms with van der Waals surface area (Å²) in [5.74, 6) is 0.976. The molecule has 6 nitrogen and oxygen atoms in total. The van der Waals surface area contributed by atoms with Gasteiger partial charge in [0, 0.05) is 37.9 Å². The number of carbonyl (C=O) groups is 1. The predicted octanol–water partition coefficient (Wildman–Crippen LogP) is 1.28. The van der Waals surface area contributed by atoms with Crippen molar-refractivity contribution in [2.45, 2.75) is 18.9 Å². The van der Waals surface area contributed by atoms with Gasteiger partial charge in [0.2, 0.25) is 5.91 Å². The van der Waals surface area contributed by atoms with E-state index in [0.717, 1.165) is 36.3 Å². The normalized spacial score (nSPS) is 19.8. The maximum Gasteiger partial charge on any atom is 0.234 e. The molecule has 144 valence electrons. The molecule has 1 amide bonds. The van der Waals surface area contributed by atoms with Gasteiger partial charge in [-0.25, -0.2) is 0 Å². The van der Waals surface area contributed by atoms with Gasteiger partial charge in [-0.2, -0.15) is 0 Å². The number of hydrogen-bond acceptors (Lipinski definition) is 5. The standard InChI is InChI=1S/C21H27N3O3/c1-27-20-5-3-2-4-17(20)8-11-23-21(26)15-24-13-18(19(25)14-24)12-16-6-9-22-10-7-16/h2-7,9-10,18-19,25H,8,11-15H2,1H3,(H,23,26)/t18-,19-/m1/s1. The molecule has 1 aliphatic heterocycles. The van der Waals surface area contributed by atoms with Crippen LogP contribution in [0.1, 0.15) is 11.1 Å². The largest absolute Gasteiger partial charge is 0.496 e. The number of carbonyl (C=O) groups excluding carboxylic acids is 1. The van der Waals surface area contributed by atoms with Crippen LogP contribution in [0.4, 0.5) is 0 Å². The van der Waals surface area contributed by atoms with Crippen molar-refractivity contribution in [1.29, 1.82) is 0 Å². The Bertz CT molecular complexity index is 738. The summed E-state index contributed by atoms with van der Waals surface area (Å²) < 4.78 is 5.33. The van der Waals surface area contributed by atoms with E-state index in [4.69, 9.17) is 4.74 Å². The second-order valence-electron chi connectivity index (χ2n) is 6.99. The summed E-state index contributed by atoms with van der Waals surface area (Å²) in [6, 6.07) is 11.8. The Hall–Kier alpha value is -2.44. The zero-order valence-electron chi connectivity index (χ0n) is 15.7. The summed E-state index contributed by atoms with van der Waals surface area (Å²) >= 11 is 0. The molecule has 1 aliphatic rings. The fraction of sp³-hybridized carbons (Fsp3) is 0.429. The van der Waals surface area contributed by atoms with Gasteiger partial charge in [0.1, 0.15) is 5.75 Å². The number of ether oxygens (including phenoxy) is 1. The molecular weight excluding hydrogens is 342 g/mol. The maximum atomic E-state index is 12.2. The first kappa shape index (κ1) is 19.3. The molecule has 1 fully saturated rings. The van der Waals surface area contributed by atoms with E-state index in [2.05, 4.69) is 10.3 Å². The number of aliphatic hydroxyl groups excluding tert-OH is 1. The van der Waals surface area contributed by atoms with Crippen molar-refractivity contribution in [2.75, 3.05) is 33.3 Å². The van der Waals surface area contributed by atoms with E-state index in [1.165, 1.54) is 0 Å². The minimum atomic E-state index is -0.403. The lowest BCUT2D eigenvalue weighted by atomic mass is 9.97. The first-order valence-electron chi connectivity index (χ1n) is 9.33. The summed E-state index contributed by atoms with van der Waals surface area (Å²) in [5.41, 5.74) is 2.24. The van der Waals surface area contributed by atoms with Gasteiger partial charge in [0.25, 0.3) is 0 Å². The Morgan fingerprint density at radius 3 is 2.81 bits per heavy atom. The lowest BCUT2D eigenvalue weighted by Gasteiger charge is -2.15. The summed E-state index contributed by atoms with van der Waals surface area (Å²) in [5, 5.41) is 13.3. The van der Waals surface area contributed by atoms with Crippen LogP contribution in [-0.2, 0) is 17.6 Å². The second-order valence-corrected chi connectivity index (χ2v) is 6.99. The fourth-order valence-electron chi connectivity index (χ4n) is 3.60. The molecule has 6 heteroatoms. The van der Waals surface area contributed by atoms with Gasteiger partial charge in [-0.3, -0.25) is 14.7 Å². The van der Waals surface area contributed by atoms with E-state index in [0.29, 0.717) is 19.6 Å². The number of aromatic nitrogens is 1. The monoisotopic (exact) mass is 369 g/mol. The SMILES string of the molecule is COc1ccccc1CCNC(=O)CN1C[C@@H](Cc2ccncc2)[C@H](O)C1. The van der Waals surface area contributed by atoms with Gasteiger partial charge in [-0.1, -0.05) is 18.2 Å². The van der Waals surface area contributed by atoms with Gasteiger partial charge in [0.05, 0.1) is 19.8 Å². The first-order valence-corrected chi connectivity index (χ1v) is 9.33. The van der Waals surface area contributed by atoms with Crippen molar-refractivity contribution in [1.82, 2.24) is 15.2 Å². The molecule has 0 unspecified atom stereocenters. The molecule has 27 heavy (non-hydrogen) atoms. The molecule has 2 atom stereocenters. The number of likely N-dealkylation sites (tertiary alicyclic amines) is 1. The number of methoxy groups -OCH3 is 1. The first-order chi connectivity index (χ1) is 13.2. The van der Waals surface area contributed by atoms with Crippen molar-refractivity contribution in [3.8, 4) is 5.75 Å². The summed E-state index contributed by atoms with van der Waals surface area (Å²) in [7, 11) is 1.65. The molecular formula is C21H27N3O3. The van der Waals surface area contributed by atoms with Crippen LogP contribution < -0.4 is 10.1 Å². The average Bonchev–Trinajstić information content (AvgIpc) is 3.01. The van der Waals surface area contributed by atoms with E-state index in [1.54, 1.807) is 19.5 Å². The zero-order chi connectivity index (χ0) is 19.1. The number of rotatable bonds is 8. The Labute approximate surface area is 160 Å². The molecule has 1 aromatic carbocycles. The molecule has 2 heterocycles. The number of nitrogens with zero attached hydrogens (tertiary/aromatic N) is 2. The van der Waals surface area contributed by atoms with Crippen LogP contribution in [0.5, 0.6) is 5.75 Å². The van der Waals surface area contributed by atoms with Crippen molar-refractivity contribution in [3.05, 3.63) is 59.9 Å². The minimum absolute atomic E-state index is 0.0124. The highest BCUT2D eigenvalue weighted by atomic mass is 16.5. The Morgan fingerprint density at radius 1 is 1.26 bits per heavy atom. The van der Waals surface area contributed by atoms with Crippen LogP contribution in [0.3, 0.4) is 0 Å². The quantitative estimate of drug-likeness (QED) is 0.733. The number of aliphatic hydroxyl groups is 1. The third-order valence-corrected chi connectivity index (χ3v) is 5.01. The summed E-state index contributed by atoms with van der Waals surface area (Å²) in [6.45, 7) is 2.14. The molecule has 3 rings (SSSR count). The van der Waals surface area contributed by atoms with Gasteiger partial charge < -0.3 is 15.2 Å². The highest BCUT2D eigenvalue weighted by Crippen LogP contribution is 2.21. The molecule has 0 radical (unpaired) electrons. The molecule has 0 saturated carbocycles. The molecule has 0 aliphatic carbocycles. The predicted molar refractivity (Wildman–Crippen MR) is 104 cm³/mol. The van der Waals surface area contributed by atoms with Crippen LogP contribution in [0.15, 0.2) is 48.8 Å². The van der Waals surface area contributed by atoms with Crippen LogP contribution >= 0.6 is 0 Å². The number of amides is 1. The smallest absolute Gasteiger partial charge is 0.234 e. The van der Waals surface area contributed by atoms with E-state index in [1.807, 2.05) is 41.3 Å². The molecule has 0 bridgehead atoms. The Balaban J connectivity index is 1.42. The van der Waals surface area contributed by atoms with Gasteiger partial charge >= 0.3 is 0 Å². The van der Waals surface area contributed by atoms with Crippen molar-refractivity contribution < 1.29 is 14.6 Å². The van der Waals surface area contributed by atoms with Gasteiger partial charge in [-0.05, 0) is 42.2 Å². The molecule has 2 N–H and O–H groups in total. The molecule has 1 saturated heterocycles. The molecule has 1 aromatic heterocycles. The molecule has 2 aromatic rings. The maximum absolute atomic E-state index is 12.2. The van der Waals surface area contributed by atoms with Crippen molar-refractivity contribution in [2.24, 2.45) is 5.92 Å². The van der Waals surface area contributed by atoms with E-state index in [9.17, 15) is 9.90 Å². The number of para-hydroxylation sites is 1.